The number of hydrazone groups is 1. The maximum Gasteiger partial charge on any atom is 0.329 e. The van der Waals surface area contributed by atoms with E-state index < -0.39 is 11.8 Å². The number of rotatable bonds is 6. The fraction of sp³-hybridized carbons (Fsp3) is 0.0455. The Bertz CT molecular complexity index is 1120. The van der Waals surface area contributed by atoms with Crippen LogP contribution in [-0.2, 0) is 16.2 Å². The zero-order valence-corrected chi connectivity index (χ0v) is 19.0. The number of nitrogens with one attached hydrogen (secondary N) is 2. The number of anilines is 1. The Morgan fingerprint density at radius 3 is 2.55 bits per heavy atom. The molecule has 31 heavy (non-hydrogen) atoms. The summed E-state index contributed by atoms with van der Waals surface area (Å²) in [5.74, 6) is -1.33. The summed E-state index contributed by atoms with van der Waals surface area (Å²) < 4.78 is 6.66. The Morgan fingerprint density at radius 1 is 1.00 bits per heavy atom. The monoisotopic (exact) mass is 519 g/mol. The van der Waals surface area contributed by atoms with Gasteiger partial charge in [-0.1, -0.05) is 75.5 Å². The van der Waals surface area contributed by atoms with Crippen LogP contribution in [0.5, 0.6) is 5.75 Å². The summed E-state index contributed by atoms with van der Waals surface area (Å²) in [6.45, 7) is 0.373. The van der Waals surface area contributed by atoms with Gasteiger partial charge in [-0.15, -0.1) is 0 Å². The van der Waals surface area contributed by atoms with Crippen LogP contribution >= 0.6 is 39.1 Å². The van der Waals surface area contributed by atoms with E-state index in [2.05, 4.69) is 31.8 Å². The third-order valence-electron chi connectivity index (χ3n) is 3.98. The van der Waals surface area contributed by atoms with E-state index in [0.717, 1.165) is 10.0 Å². The van der Waals surface area contributed by atoms with Crippen LogP contribution in [-0.4, -0.2) is 18.0 Å². The second-order valence-electron chi connectivity index (χ2n) is 6.21. The van der Waals surface area contributed by atoms with Gasteiger partial charge in [0, 0.05) is 10.0 Å². The minimum absolute atomic E-state index is 0.142. The van der Waals surface area contributed by atoms with Crippen molar-refractivity contribution in [2.45, 2.75) is 6.61 Å². The molecule has 2 amide bonds. The molecule has 2 N–H and O–H groups in total. The van der Waals surface area contributed by atoms with Gasteiger partial charge in [0.2, 0.25) is 0 Å². The molecule has 0 aliphatic carbocycles. The molecule has 0 saturated carbocycles. The minimum Gasteiger partial charge on any atom is -0.488 e. The van der Waals surface area contributed by atoms with Crippen LogP contribution in [0.1, 0.15) is 11.1 Å². The van der Waals surface area contributed by atoms with Crippen molar-refractivity contribution in [3.05, 3.63) is 92.4 Å². The number of hydrogen-bond donors (Lipinski definition) is 2. The van der Waals surface area contributed by atoms with E-state index in [1.807, 2.05) is 36.4 Å². The molecule has 158 valence electrons. The topological polar surface area (TPSA) is 79.8 Å². The molecule has 0 bridgehead atoms. The molecule has 0 atom stereocenters. The second-order valence-corrected chi connectivity index (χ2v) is 7.91. The highest BCUT2D eigenvalue weighted by Crippen LogP contribution is 2.29. The smallest absolute Gasteiger partial charge is 0.329 e. The Labute approximate surface area is 197 Å². The van der Waals surface area contributed by atoms with Crippen molar-refractivity contribution < 1.29 is 14.3 Å². The Morgan fingerprint density at radius 2 is 1.77 bits per heavy atom. The van der Waals surface area contributed by atoms with E-state index in [0.29, 0.717) is 17.9 Å². The second kappa shape index (κ2) is 10.9. The first-order valence-electron chi connectivity index (χ1n) is 8.98. The molecule has 0 spiro atoms. The molecule has 0 saturated heterocycles. The Kier molecular flexibility index (Phi) is 8.06. The first-order chi connectivity index (χ1) is 14.9. The molecule has 0 fully saturated rings. The summed E-state index contributed by atoms with van der Waals surface area (Å²) in [5, 5.41) is 6.64. The zero-order valence-electron chi connectivity index (χ0n) is 15.9. The Balaban J connectivity index is 1.63. The fourth-order valence-electron chi connectivity index (χ4n) is 2.48. The van der Waals surface area contributed by atoms with Gasteiger partial charge in [-0.2, -0.15) is 5.10 Å². The number of benzene rings is 3. The molecule has 9 heteroatoms. The van der Waals surface area contributed by atoms with Gasteiger partial charge >= 0.3 is 11.8 Å². The van der Waals surface area contributed by atoms with Crippen LogP contribution in [0, 0.1) is 0 Å². The van der Waals surface area contributed by atoms with Crippen LogP contribution in [0.4, 0.5) is 5.69 Å². The zero-order chi connectivity index (χ0) is 22.2. The normalized spacial score (nSPS) is 10.7. The van der Waals surface area contributed by atoms with Gasteiger partial charge in [-0.3, -0.25) is 9.59 Å². The lowest BCUT2D eigenvalue weighted by molar-refractivity contribution is -0.136. The van der Waals surface area contributed by atoms with Crippen LogP contribution in [0.3, 0.4) is 0 Å². The molecular weight excluding hydrogens is 505 g/mol. The van der Waals surface area contributed by atoms with Crippen molar-refractivity contribution in [3.63, 3.8) is 0 Å². The molecule has 6 nitrogen and oxygen atoms in total. The molecule has 0 aliphatic heterocycles. The van der Waals surface area contributed by atoms with Crippen molar-refractivity contribution >= 4 is 62.8 Å². The van der Waals surface area contributed by atoms with E-state index in [1.54, 1.807) is 24.3 Å². The van der Waals surface area contributed by atoms with Crippen LogP contribution in [0.2, 0.25) is 10.0 Å². The number of amides is 2. The lowest BCUT2D eigenvalue weighted by Crippen LogP contribution is -2.32. The van der Waals surface area contributed by atoms with Gasteiger partial charge in [0.25, 0.3) is 0 Å². The lowest BCUT2D eigenvalue weighted by Gasteiger charge is -2.10. The fourth-order valence-corrected chi connectivity index (χ4v) is 3.20. The summed E-state index contributed by atoms with van der Waals surface area (Å²) in [4.78, 5) is 24.1. The van der Waals surface area contributed by atoms with Gasteiger partial charge in [-0.05, 0) is 35.9 Å². The van der Waals surface area contributed by atoms with Crippen molar-refractivity contribution in [1.82, 2.24) is 5.43 Å². The van der Waals surface area contributed by atoms with Crippen LogP contribution in [0.15, 0.2) is 76.3 Å². The van der Waals surface area contributed by atoms with E-state index in [-0.39, 0.29) is 15.7 Å². The van der Waals surface area contributed by atoms with Crippen molar-refractivity contribution in [3.8, 4) is 5.75 Å². The van der Waals surface area contributed by atoms with Gasteiger partial charge in [-0.25, -0.2) is 5.43 Å². The van der Waals surface area contributed by atoms with Gasteiger partial charge < -0.3 is 10.1 Å². The highest BCUT2D eigenvalue weighted by Gasteiger charge is 2.15. The third-order valence-corrected chi connectivity index (χ3v) is 5.30. The van der Waals surface area contributed by atoms with Crippen molar-refractivity contribution in [2.75, 3.05) is 5.32 Å². The van der Waals surface area contributed by atoms with Crippen LogP contribution < -0.4 is 15.5 Å². The molecule has 0 radical (unpaired) electrons. The van der Waals surface area contributed by atoms with Crippen LogP contribution in [0.25, 0.3) is 0 Å². The van der Waals surface area contributed by atoms with Crippen molar-refractivity contribution in [2.24, 2.45) is 5.10 Å². The van der Waals surface area contributed by atoms with E-state index >= 15 is 0 Å². The molecule has 3 rings (SSSR count). The maximum absolute atomic E-state index is 12.1. The number of carbonyl (C=O) groups excluding carboxylic acids is 2. The Hall–Kier alpha value is -2.87. The average Bonchev–Trinajstić information content (AvgIpc) is 2.77. The molecule has 0 unspecified atom stereocenters. The quantitative estimate of drug-likeness (QED) is 0.258. The summed E-state index contributed by atoms with van der Waals surface area (Å²) in [6, 6.07) is 19.8. The summed E-state index contributed by atoms with van der Waals surface area (Å²) in [5.41, 5.74) is 4.03. The predicted molar refractivity (Wildman–Crippen MR) is 126 cm³/mol. The van der Waals surface area contributed by atoms with Gasteiger partial charge in [0.05, 0.1) is 21.9 Å². The number of carbonyl (C=O) groups is 2. The SMILES string of the molecule is O=C(N/N=C\c1cc(Br)ccc1OCc1ccccc1)C(=O)Nc1cccc(Cl)c1Cl. The highest BCUT2D eigenvalue weighted by molar-refractivity contribution is 9.10. The molecule has 3 aromatic rings. The first kappa shape index (κ1) is 22.8. The number of hydrogen-bond acceptors (Lipinski definition) is 4. The molecule has 0 heterocycles. The standard InChI is InChI=1S/C22H16BrCl2N3O3/c23-16-9-10-19(31-13-14-5-2-1-3-6-14)15(11-16)12-26-28-22(30)21(29)27-18-8-4-7-17(24)20(18)25/h1-12H,13H2,(H,27,29)(H,28,30)/b26-12-. The predicted octanol–water partition coefficient (Wildman–Crippen LogP) is 5.42. The largest absolute Gasteiger partial charge is 0.488 e. The van der Waals surface area contributed by atoms with Gasteiger partial charge in [0.15, 0.2) is 0 Å². The summed E-state index contributed by atoms with van der Waals surface area (Å²) in [7, 11) is 0. The average molecular weight is 521 g/mol. The highest BCUT2D eigenvalue weighted by atomic mass is 79.9. The number of nitrogens with zero attached hydrogens (tertiary/aromatic N) is 1. The van der Waals surface area contributed by atoms with E-state index in [1.165, 1.54) is 12.3 Å². The van der Waals surface area contributed by atoms with Crippen molar-refractivity contribution in [1.29, 1.82) is 0 Å². The lowest BCUT2D eigenvalue weighted by atomic mass is 10.2. The first-order valence-corrected chi connectivity index (χ1v) is 10.5. The minimum atomic E-state index is -0.964. The molecule has 3 aromatic carbocycles. The molecule has 0 aromatic heterocycles. The number of ether oxygens (including phenoxy) is 1. The summed E-state index contributed by atoms with van der Waals surface area (Å²) in [6.07, 6.45) is 1.39. The summed E-state index contributed by atoms with van der Waals surface area (Å²) >= 11 is 15.3. The van der Waals surface area contributed by atoms with E-state index in [4.69, 9.17) is 27.9 Å². The third kappa shape index (κ3) is 6.55. The molecular formula is C22H16BrCl2N3O3. The number of halogens is 3. The maximum atomic E-state index is 12.1. The van der Waals surface area contributed by atoms with Gasteiger partial charge in [0.1, 0.15) is 12.4 Å². The van der Waals surface area contributed by atoms with E-state index in [9.17, 15) is 9.59 Å². The molecule has 0 aliphatic rings.